The lowest BCUT2D eigenvalue weighted by molar-refractivity contribution is 0.101. The van der Waals surface area contributed by atoms with Gasteiger partial charge in [-0.05, 0) is 97.5 Å². The van der Waals surface area contributed by atoms with Crippen molar-refractivity contribution in [3.63, 3.8) is 0 Å². The van der Waals surface area contributed by atoms with E-state index in [0.29, 0.717) is 78.5 Å². The summed E-state index contributed by atoms with van der Waals surface area (Å²) < 4.78 is 35.8. The van der Waals surface area contributed by atoms with E-state index in [9.17, 15) is 9.59 Å². The van der Waals surface area contributed by atoms with Gasteiger partial charge in [-0.2, -0.15) is 0 Å². The van der Waals surface area contributed by atoms with E-state index in [1.807, 2.05) is 86.6 Å². The van der Waals surface area contributed by atoms with Gasteiger partial charge in [-0.1, -0.05) is 38.1 Å². The van der Waals surface area contributed by atoms with Crippen LogP contribution in [-0.4, -0.2) is 54.5 Å². The number of nitrogens with one attached hydrogen (secondary N) is 2. The number of hydrogen-bond donors (Lipinski definition) is 2. The minimum absolute atomic E-state index is 0.297. The Morgan fingerprint density at radius 2 is 0.857 bits per heavy atom. The van der Waals surface area contributed by atoms with Gasteiger partial charge in [-0.15, -0.1) is 0 Å². The molecule has 56 heavy (non-hydrogen) atoms. The van der Waals surface area contributed by atoms with Crippen LogP contribution in [0, 0.1) is 13.8 Å². The van der Waals surface area contributed by atoms with E-state index in [0.717, 1.165) is 46.2 Å². The van der Waals surface area contributed by atoms with E-state index in [2.05, 4.69) is 24.5 Å². The Kier molecular flexibility index (Phi) is 11.6. The van der Waals surface area contributed by atoms with E-state index in [1.165, 1.54) is 28.4 Å². The van der Waals surface area contributed by atoms with Gasteiger partial charge in [0.25, 0.3) is 11.8 Å². The molecule has 0 aliphatic carbocycles. The normalized spacial score (nSPS) is 11.0. The Hall–Kier alpha value is -6.42. The SMILES string of the molecule is CCc1cccc(NC(=O)c2c(OC)c(OC)cc3c(OC)c(-c4c(C)cc5c(C(=O)Nc6cccc(CC)c6)c(OC)c(OC)cc5c4OC)c(C)cc23)c1. The molecular weight excluding hydrogens is 709 g/mol. The smallest absolute Gasteiger partial charge is 0.260 e. The summed E-state index contributed by atoms with van der Waals surface area (Å²) in [6.07, 6.45) is 1.66. The van der Waals surface area contributed by atoms with Crippen LogP contribution in [0.25, 0.3) is 32.7 Å². The number of aryl methyl sites for hydroxylation is 4. The van der Waals surface area contributed by atoms with Crippen molar-refractivity contribution in [2.24, 2.45) is 0 Å². The van der Waals surface area contributed by atoms with Crippen molar-refractivity contribution in [1.29, 1.82) is 0 Å². The van der Waals surface area contributed by atoms with Crippen molar-refractivity contribution in [2.45, 2.75) is 40.5 Å². The molecule has 0 aromatic heterocycles. The number of carbonyl (C=O) groups is 2. The zero-order valence-electron chi connectivity index (χ0n) is 33.6. The highest BCUT2D eigenvalue weighted by atomic mass is 16.5. The summed E-state index contributed by atoms with van der Waals surface area (Å²) in [5.41, 5.74) is 7.21. The van der Waals surface area contributed by atoms with Crippen LogP contribution >= 0.6 is 0 Å². The van der Waals surface area contributed by atoms with Gasteiger partial charge in [0.15, 0.2) is 23.0 Å². The summed E-state index contributed by atoms with van der Waals surface area (Å²) in [7, 11) is 9.28. The van der Waals surface area contributed by atoms with Gasteiger partial charge in [0.2, 0.25) is 0 Å². The number of ether oxygens (including phenoxy) is 6. The van der Waals surface area contributed by atoms with Crippen LogP contribution in [0.3, 0.4) is 0 Å². The lowest BCUT2D eigenvalue weighted by Gasteiger charge is -2.24. The van der Waals surface area contributed by atoms with Crippen LogP contribution in [0.1, 0.15) is 56.8 Å². The zero-order valence-corrected chi connectivity index (χ0v) is 33.6. The second-order valence-electron chi connectivity index (χ2n) is 13.4. The summed E-state index contributed by atoms with van der Waals surface area (Å²) in [5.74, 6) is 1.59. The van der Waals surface area contributed by atoms with Crippen LogP contribution in [0.2, 0.25) is 0 Å². The van der Waals surface area contributed by atoms with Gasteiger partial charge in [0, 0.05) is 44.0 Å². The third kappa shape index (κ3) is 6.98. The third-order valence-electron chi connectivity index (χ3n) is 10.2. The zero-order chi connectivity index (χ0) is 40.3. The number of fused-ring (bicyclic) bond motifs is 2. The summed E-state index contributed by atoms with van der Waals surface area (Å²) >= 11 is 0. The fourth-order valence-corrected chi connectivity index (χ4v) is 7.52. The average Bonchev–Trinajstić information content (AvgIpc) is 3.21. The summed E-state index contributed by atoms with van der Waals surface area (Å²) in [6, 6.07) is 23.0. The molecule has 2 N–H and O–H groups in total. The number of anilines is 2. The van der Waals surface area contributed by atoms with E-state index >= 15 is 0 Å². The van der Waals surface area contributed by atoms with Gasteiger partial charge in [-0.25, -0.2) is 0 Å². The maximum Gasteiger partial charge on any atom is 0.260 e. The van der Waals surface area contributed by atoms with Crippen LogP contribution in [0.15, 0.2) is 72.8 Å². The Morgan fingerprint density at radius 3 is 1.18 bits per heavy atom. The van der Waals surface area contributed by atoms with E-state index in [-0.39, 0.29) is 11.8 Å². The van der Waals surface area contributed by atoms with Crippen molar-refractivity contribution in [2.75, 3.05) is 53.3 Å². The molecule has 0 atom stereocenters. The monoisotopic (exact) mass is 756 g/mol. The molecule has 10 heteroatoms. The van der Waals surface area contributed by atoms with Crippen LogP contribution in [0.4, 0.5) is 11.4 Å². The molecule has 290 valence electrons. The number of rotatable bonds is 13. The van der Waals surface area contributed by atoms with Crippen molar-refractivity contribution in [3.8, 4) is 45.6 Å². The van der Waals surface area contributed by atoms with Crippen LogP contribution in [0.5, 0.6) is 34.5 Å². The molecule has 10 nitrogen and oxygen atoms in total. The first-order valence-electron chi connectivity index (χ1n) is 18.4. The topological polar surface area (TPSA) is 114 Å². The second-order valence-corrected chi connectivity index (χ2v) is 13.4. The predicted octanol–water partition coefficient (Wildman–Crippen LogP) is 9.96. The highest BCUT2D eigenvalue weighted by Gasteiger charge is 2.30. The number of carbonyl (C=O) groups excluding carboxylic acids is 2. The Labute approximate surface area is 327 Å². The van der Waals surface area contributed by atoms with Crippen LogP contribution in [-0.2, 0) is 12.8 Å². The maximum atomic E-state index is 14.2. The molecule has 0 bridgehead atoms. The highest BCUT2D eigenvalue weighted by Crippen LogP contribution is 2.52. The van der Waals surface area contributed by atoms with Crippen molar-refractivity contribution >= 4 is 44.7 Å². The first kappa shape index (κ1) is 39.3. The van der Waals surface area contributed by atoms with E-state index in [1.54, 1.807) is 14.2 Å². The molecule has 6 rings (SSSR count). The minimum atomic E-state index is -0.360. The number of hydrogen-bond acceptors (Lipinski definition) is 8. The van der Waals surface area contributed by atoms with Gasteiger partial charge in [0.1, 0.15) is 11.5 Å². The Bertz CT molecular complexity index is 2320. The molecule has 0 unspecified atom stereocenters. The van der Waals surface area contributed by atoms with Crippen molar-refractivity contribution in [1.82, 2.24) is 0 Å². The molecule has 2 amide bonds. The molecule has 6 aromatic rings. The Morgan fingerprint density at radius 1 is 0.482 bits per heavy atom. The minimum Gasteiger partial charge on any atom is -0.495 e. The number of amides is 2. The van der Waals surface area contributed by atoms with E-state index < -0.39 is 0 Å². The van der Waals surface area contributed by atoms with Gasteiger partial charge < -0.3 is 39.1 Å². The van der Waals surface area contributed by atoms with Gasteiger partial charge in [-0.3, -0.25) is 9.59 Å². The fourth-order valence-electron chi connectivity index (χ4n) is 7.52. The molecule has 0 radical (unpaired) electrons. The molecule has 0 saturated carbocycles. The molecule has 0 aliphatic heterocycles. The largest absolute Gasteiger partial charge is 0.495 e. The number of benzene rings is 6. The summed E-state index contributed by atoms with van der Waals surface area (Å²) in [5, 5.41) is 8.61. The Balaban J connectivity index is 1.62. The van der Waals surface area contributed by atoms with Crippen molar-refractivity contribution in [3.05, 3.63) is 106 Å². The first-order valence-corrected chi connectivity index (χ1v) is 18.4. The van der Waals surface area contributed by atoms with Crippen LogP contribution < -0.4 is 39.1 Å². The summed E-state index contributed by atoms with van der Waals surface area (Å²) in [6.45, 7) is 8.05. The fraction of sp³-hybridized carbons (Fsp3) is 0.261. The molecule has 0 fully saturated rings. The molecule has 6 aromatic carbocycles. The van der Waals surface area contributed by atoms with Crippen molar-refractivity contribution < 1.29 is 38.0 Å². The molecule has 0 spiro atoms. The molecule has 0 aliphatic rings. The quantitative estimate of drug-likeness (QED) is 0.120. The average molecular weight is 757 g/mol. The molecular formula is C46H48N2O8. The summed E-state index contributed by atoms with van der Waals surface area (Å²) in [4.78, 5) is 28.5. The second kappa shape index (κ2) is 16.5. The van der Waals surface area contributed by atoms with E-state index in [4.69, 9.17) is 28.4 Å². The number of methoxy groups -OCH3 is 6. The standard InChI is InChI=1S/C46H48N2O8/c1-11-27-15-13-17-29(21-27)47-45(49)39-31-19-25(3)37(41(53-7)33(31)23-35(51-5)43(39)55-9)38-26(4)20-32-34(42(38)54-8)24-36(52-6)44(56-10)40(32)46(50)48-30-18-14-16-28(12-2)22-30/h13-24H,11-12H2,1-10H3,(H,47,49)(H,48,50). The lowest BCUT2D eigenvalue weighted by atomic mass is 9.87. The van der Waals surface area contributed by atoms with Gasteiger partial charge >= 0.3 is 0 Å². The lowest BCUT2D eigenvalue weighted by Crippen LogP contribution is -2.15. The molecule has 0 heterocycles. The predicted molar refractivity (Wildman–Crippen MR) is 223 cm³/mol. The molecule has 0 saturated heterocycles. The highest BCUT2D eigenvalue weighted by molar-refractivity contribution is 6.20. The van der Waals surface area contributed by atoms with Gasteiger partial charge in [0.05, 0.1) is 53.8 Å². The first-order chi connectivity index (χ1) is 27.1. The maximum absolute atomic E-state index is 14.2. The third-order valence-corrected chi connectivity index (χ3v) is 10.2.